The van der Waals surface area contributed by atoms with Crippen molar-refractivity contribution in [1.29, 1.82) is 5.26 Å². The Kier molecular flexibility index (Phi) is 3.88. The highest BCUT2D eigenvalue weighted by molar-refractivity contribution is 5.42. The zero-order valence-electron chi connectivity index (χ0n) is 11.0. The van der Waals surface area contributed by atoms with E-state index in [-0.39, 0.29) is 6.04 Å². The lowest BCUT2D eigenvalue weighted by atomic mass is 10.1. The molecule has 2 atom stereocenters. The molecular weight excluding hydrogens is 240 g/mol. The Morgan fingerprint density at radius 1 is 1.26 bits per heavy atom. The molecule has 0 spiro atoms. The lowest BCUT2D eigenvalue weighted by molar-refractivity contribution is 0.151. The second-order valence-electron chi connectivity index (χ2n) is 4.45. The molecule has 1 heterocycles. The van der Waals surface area contributed by atoms with Gasteiger partial charge in [-0.25, -0.2) is 0 Å². The number of para-hydroxylation sites is 1. The maximum atomic E-state index is 9.06. The summed E-state index contributed by atoms with van der Waals surface area (Å²) in [6.45, 7) is 3.71. The minimum Gasteiger partial charge on any atom is -0.479 e. The summed E-state index contributed by atoms with van der Waals surface area (Å²) >= 11 is 0. The summed E-state index contributed by atoms with van der Waals surface area (Å²) in [7, 11) is 0. The molecule has 4 nitrogen and oxygen atoms in total. The average molecular weight is 256 g/mol. The molecule has 98 valence electrons. The van der Waals surface area contributed by atoms with E-state index in [0.29, 0.717) is 17.1 Å². The molecule has 0 aliphatic rings. The third-order valence-electron chi connectivity index (χ3n) is 2.78. The number of nitrogens with zero attached hydrogens (tertiary/aromatic N) is 1. The highest BCUT2D eigenvalue weighted by Gasteiger charge is 2.22. The zero-order valence-corrected chi connectivity index (χ0v) is 11.0. The molecule has 0 saturated carbocycles. The van der Waals surface area contributed by atoms with Crippen LogP contribution in [0.4, 0.5) is 0 Å². The van der Waals surface area contributed by atoms with Gasteiger partial charge in [0.25, 0.3) is 0 Å². The Morgan fingerprint density at radius 3 is 2.58 bits per heavy atom. The summed E-state index contributed by atoms with van der Waals surface area (Å²) in [5.41, 5.74) is 6.43. The van der Waals surface area contributed by atoms with Gasteiger partial charge in [-0.3, -0.25) is 0 Å². The van der Waals surface area contributed by atoms with E-state index >= 15 is 0 Å². The summed E-state index contributed by atoms with van der Waals surface area (Å²) in [6.07, 6.45) is -0.414. The number of rotatable bonds is 4. The largest absolute Gasteiger partial charge is 0.479 e. The van der Waals surface area contributed by atoms with Crippen molar-refractivity contribution in [3.63, 3.8) is 0 Å². The minimum atomic E-state index is -0.414. The van der Waals surface area contributed by atoms with Crippen molar-refractivity contribution in [1.82, 2.24) is 0 Å². The summed E-state index contributed by atoms with van der Waals surface area (Å²) in [5.74, 6) is 1.99. The fourth-order valence-corrected chi connectivity index (χ4v) is 1.83. The van der Waals surface area contributed by atoms with Gasteiger partial charge in [-0.05, 0) is 38.1 Å². The first-order valence-electron chi connectivity index (χ1n) is 6.09. The molecule has 0 radical (unpaired) electrons. The predicted octanol–water partition coefficient (Wildman–Crippen LogP) is 2.93. The van der Waals surface area contributed by atoms with Crippen LogP contribution in [0.3, 0.4) is 0 Å². The van der Waals surface area contributed by atoms with Crippen LogP contribution in [0.5, 0.6) is 5.75 Å². The van der Waals surface area contributed by atoms with Crippen LogP contribution < -0.4 is 10.5 Å². The fourth-order valence-electron chi connectivity index (χ4n) is 1.83. The summed E-state index contributed by atoms with van der Waals surface area (Å²) in [4.78, 5) is 0. The highest BCUT2D eigenvalue weighted by Crippen LogP contribution is 2.27. The molecule has 19 heavy (non-hydrogen) atoms. The van der Waals surface area contributed by atoms with Gasteiger partial charge in [0.15, 0.2) is 6.10 Å². The lowest BCUT2D eigenvalue weighted by Crippen LogP contribution is -2.28. The molecule has 2 unspecified atom stereocenters. The Morgan fingerprint density at radius 2 is 2.00 bits per heavy atom. The van der Waals surface area contributed by atoms with E-state index in [1.807, 2.05) is 32.0 Å². The van der Waals surface area contributed by atoms with Gasteiger partial charge in [-0.15, -0.1) is 0 Å². The third-order valence-corrected chi connectivity index (χ3v) is 2.78. The molecule has 1 aromatic carbocycles. The smallest absolute Gasteiger partial charge is 0.171 e. The number of nitrogens with two attached hydrogens (primary N) is 1. The average Bonchev–Trinajstić information content (AvgIpc) is 2.82. The minimum absolute atomic E-state index is 0.253. The summed E-state index contributed by atoms with van der Waals surface area (Å²) < 4.78 is 11.4. The Labute approximate surface area is 112 Å². The van der Waals surface area contributed by atoms with Crippen molar-refractivity contribution in [2.24, 2.45) is 5.73 Å². The van der Waals surface area contributed by atoms with Gasteiger partial charge in [-0.1, -0.05) is 12.1 Å². The van der Waals surface area contributed by atoms with Crippen LogP contribution in [0, 0.1) is 18.3 Å². The normalized spacial score (nSPS) is 13.6. The van der Waals surface area contributed by atoms with E-state index in [4.69, 9.17) is 20.1 Å². The van der Waals surface area contributed by atoms with Crippen LogP contribution in [-0.2, 0) is 0 Å². The molecule has 1 aromatic heterocycles. The van der Waals surface area contributed by atoms with Gasteiger partial charge < -0.3 is 14.9 Å². The second-order valence-corrected chi connectivity index (χ2v) is 4.45. The number of nitriles is 1. The number of hydrogen-bond acceptors (Lipinski definition) is 4. The summed E-state index contributed by atoms with van der Waals surface area (Å²) in [6, 6.07) is 12.6. The van der Waals surface area contributed by atoms with E-state index in [1.165, 1.54) is 0 Å². The topological polar surface area (TPSA) is 72.2 Å². The monoisotopic (exact) mass is 256 g/mol. The van der Waals surface area contributed by atoms with Crippen molar-refractivity contribution in [3.05, 3.63) is 53.5 Å². The van der Waals surface area contributed by atoms with Crippen molar-refractivity contribution in [3.8, 4) is 11.8 Å². The number of benzene rings is 1. The van der Waals surface area contributed by atoms with Crippen LogP contribution in [0.2, 0.25) is 0 Å². The van der Waals surface area contributed by atoms with E-state index < -0.39 is 6.10 Å². The van der Waals surface area contributed by atoms with E-state index in [0.717, 1.165) is 5.76 Å². The maximum absolute atomic E-state index is 9.06. The van der Waals surface area contributed by atoms with Crippen LogP contribution in [-0.4, -0.2) is 6.04 Å². The molecule has 0 saturated heterocycles. The number of furan rings is 1. The van der Waals surface area contributed by atoms with Crippen LogP contribution in [0.15, 0.2) is 40.8 Å². The van der Waals surface area contributed by atoms with E-state index in [9.17, 15) is 0 Å². The molecule has 0 aliphatic heterocycles. The second kappa shape index (κ2) is 5.59. The first kappa shape index (κ1) is 13.2. The van der Waals surface area contributed by atoms with Crippen LogP contribution in [0.25, 0.3) is 0 Å². The molecule has 2 aromatic rings. The van der Waals surface area contributed by atoms with Gasteiger partial charge in [-0.2, -0.15) is 5.26 Å². The predicted molar refractivity (Wildman–Crippen MR) is 71.6 cm³/mol. The first-order chi connectivity index (χ1) is 9.11. The molecule has 0 aliphatic carbocycles. The Bertz CT molecular complexity index is 596. The Hall–Kier alpha value is -2.25. The molecule has 0 fully saturated rings. The molecule has 0 bridgehead atoms. The standard InChI is InChI=1S/C15H16N2O2/c1-10-7-8-14(18-10)15(11(2)17)19-13-6-4-3-5-12(13)9-16/h3-8,11,15H,17H2,1-2H3. The van der Waals surface area contributed by atoms with Crippen LogP contribution in [0.1, 0.15) is 30.1 Å². The molecule has 0 amide bonds. The number of ether oxygens (including phenoxy) is 1. The van der Waals surface area contributed by atoms with Crippen molar-refractivity contribution < 1.29 is 9.15 Å². The fraction of sp³-hybridized carbons (Fsp3) is 0.267. The molecule has 4 heteroatoms. The quantitative estimate of drug-likeness (QED) is 0.912. The van der Waals surface area contributed by atoms with E-state index in [2.05, 4.69) is 6.07 Å². The van der Waals surface area contributed by atoms with Gasteiger partial charge in [0.2, 0.25) is 0 Å². The van der Waals surface area contributed by atoms with Gasteiger partial charge in [0.05, 0.1) is 5.56 Å². The maximum Gasteiger partial charge on any atom is 0.171 e. The third kappa shape index (κ3) is 2.95. The molecular formula is C15H16N2O2. The number of aryl methyl sites for hydroxylation is 1. The van der Waals surface area contributed by atoms with Gasteiger partial charge >= 0.3 is 0 Å². The Balaban J connectivity index is 2.30. The van der Waals surface area contributed by atoms with Gasteiger partial charge in [0.1, 0.15) is 23.3 Å². The highest BCUT2D eigenvalue weighted by atomic mass is 16.5. The van der Waals surface area contributed by atoms with Crippen molar-refractivity contribution >= 4 is 0 Å². The van der Waals surface area contributed by atoms with Crippen molar-refractivity contribution in [2.75, 3.05) is 0 Å². The number of hydrogen-bond donors (Lipinski definition) is 1. The SMILES string of the molecule is Cc1ccc(C(Oc2ccccc2C#N)C(C)N)o1. The van der Waals surface area contributed by atoms with E-state index in [1.54, 1.807) is 18.2 Å². The zero-order chi connectivity index (χ0) is 13.8. The van der Waals surface area contributed by atoms with Crippen molar-refractivity contribution in [2.45, 2.75) is 26.0 Å². The molecule has 2 N–H and O–H groups in total. The van der Waals surface area contributed by atoms with Gasteiger partial charge in [0, 0.05) is 6.04 Å². The summed E-state index contributed by atoms with van der Waals surface area (Å²) in [5, 5.41) is 9.06. The lowest BCUT2D eigenvalue weighted by Gasteiger charge is -2.21. The first-order valence-corrected chi connectivity index (χ1v) is 6.09. The van der Waals surface area contributed by atoms with Crippen LogP contribution >= 0.6 is 0 Å². The molecule has 2 rings (SSSR count).